The van der Waals surface area contributed by atoms with Gasteiger partial charge in [-0.05, 0) is 54.6 Å². The molecule has 2 aromatic carbocycles. The third-order valence-corrected chi connectivity index (χ3v) is 5.54. The Morgan fingerprint density at radius 2 is 1.60 bits per heavy atom. The van der Waals surface area contributed by atoms with E-state index in [9.17, 15) is 31.1 Å². The summed E-state index contributed by atoms with van der Waals surface area (Å²) in [7, 11) is 0. The molecule has 0 saturated heterocycles. The van der Waals surface area contributed by atoms with E-state index in [1.165, 1.54) is 42.6 Å². The SMILES string of the molecule is O=C(Nc1nc(-c2ccccn2)c(C(F)(F)F)s1)c1cccc(Oc2ccc(C(F)(F)F)cc2)c1. The van der Waals surface area contributed by atoms with E-state index >= 15 is 0 Å². The van der Waals surface area contributed by atoms with Crippen LogP contribution in [0.15, 0.2) is 72.9 Å². The van der Waals surface area contributed by atoms with Crippen molar-refractivity contribution in [1.29, 1.82) is 0 Å². The molecule has 0 aliphatic heterocycles. The highest BCUT2D eigenvalue weighted by Crippen LogP contribution is 2.42. The summed E-state index contributed by atoms with van der Waals surface area (Å²) in [4.78, 5) is 19.5. The number of ether oxygens (including phenoxy) is 1. The van der Waals surface area contributed by atoms with Gasteiger partial charge in [-0.2, -0.15) is 26.3 Å². The highest BCUT2D eigenvalue weighted by Gasteiger charge is 2.38. The minimum absolute atomic E-state index is 0.00325. The van der Waals surface area contributed by atoms with E-state index in [0.717, 1.165) is 24.3 Å². The molecule has 2 aromatic heterocycles. The van der Waals surface area contributed by atoms with Crippen molar-refractivity contribution in [2.75, 3.05) is 5.32 Å². The summed E-state index contributed by atoms with van der Waals surface area (Å²) < 4.78 is 84.1. The molecule has 0 fully saturated rings. The van der Waals surface area contributed by atoms with Crippen molar-refractivity contribution in [1.82, 2.24) is 9.97 Å². The average Bonchev–Trinajstić information content (AvgIpc) is 3.24. The molecule has 1 N–H and O–H groups in total. The Bertz CT molecular complexity index is 1340. The van der Waals surface area contributed by atoms with Crippen LogP contribution in [0.5, 0.6) is 11.5 Å². The predicted molar refractivity (Wildman–Crippen MR) is 116 cm³/mol. The summed E-state index contributed by atoms with van der Waals surface area (Å²) in [6.07, 6.45) is -7.87. The average molecular weight is 509 g/mol. The zero-order valence-electron chi connectivity index (χ0n) is 17.3. The number of pyridine rings is 1. The first kappa shape index (κ1) is 24.2. The Labute approximate surface area is 198 Å². The maximum atomic E-state index is 13.5. The van der Waals surface area contributed by atoms with Crippen LogP contribution in [-0.2, 0) is 12.4 Å². The Balaban J connectivity index is 1.53. The molecule has 5 nitrogen and oxygen atoms in total. The second-order valence-electron chi connectivity index (χ2n) is 7.02. The van der Waals surface area contributed by atoms with Crippen LogP contribution in [0.2, 0.25) is 0 Å². The van der Waals surface area contributed by atoms with Crippen LogP contribution in [0.3, 0.4) is 0 Å². The molecule has 180 valence electrons. The summed E-state index contributed by atoms with van der Waals surface area (Å²) in [6.45, 7) is 0. The number of carbonyl (C=O) groups excluding carboxylic acids is 1. The van der Waals surface area contributed by atoms with E-state index in [1.807, 2.05) is 0 Å². The van der Waals surface area contributed by atoms with Gasteiger partial charge in [0.15, 0.2) is 5.13 Å². The maximum Gasteiger partial charge on any atom is 0.427 e. The lowest BCUT2D eigenvalue weighted by Crippen LogP contribution is -2.11. The maximum absolute atomic E-state index is 13.5. The van der Waals surface area contributed by atoms with Gasteiger partial charge in [-0.1, -0.05) is 23.5 Å². The van der Waals surface area contributed by atoms with Crippen LogP contribution in [0.25, 0.3) is 11.4 Å². The summed E-state index contributed by atoms with van der Waals surface area (Å²) in [5.41, 5.74) is -1.21. The molecule has 0 aliphatic rings. The minimum Gasteiger partial charge on any atom is -0.457 e. The van der Waals surface area contributed by atoms with Crippen molar-refractivity contribution in [3.63, 3.8) is 0 Å². The largest absolute Gasteiger partial charge is 0.457 e. The van der Waals surface area contributed by atoms with Crippen LogP contribution in [0.1, 0.15) is 20.8 Å². The van der Waals surface area contributed by atoms with Gasteiger partial charge in [-0.3, -0.25) is 15.1 Å². The molecule has 2 heterocycles. The van der Waals surface area contributed by atoms with Gasteiger partial charge in [0.1, 0.15) is 22.1 Å². The molecule has 4 aromatic rings. The fraction of sp³-hybridized carbons (Fsp3) is 0.0870. The number of anilines is 1. The lowest BCUT2D eigenvalue weighted by molar-refractivity contribution is -0.137. The number of nitrogens with zero attached hydrogens (tertiary/aromatic N) is 2. The Morgan fingerprint density at radius 1 is 0.857 bits per heavy atom. The van der Waals surface area contributed by atoms with Gasteiger partial charge >= 0.3 is 12.4 Å². The van der Waals surface area contributed by atoms with Crippen LogP contribution in [-0.4, -0.2) is 15.9 Å². The molecule has 0 unspecified atom stereocenters. The van der Waals surface area contributed by atoms with E-state index in [4.69, 9.17) is 4.74 Å². The molecule has 4 rings (SSSR count). The van der Waals surface area contributed by atoms with Crippen molar-refractivity contribution in [2.45, 2.75) is 12.4 Å². The zero-order chi connectivity index (χ0) is 25.2. The number of aromatic nitrogens is 2. The van der Waals surface area contributed by atoms with E-state index in [1.54, 1.807) is 6.07 Å². The van der Waals surface area contributed by atoms with Crippen LogP contribution in [0, 0.1) is 0 Å². The summed E-state index contributed by atoms with van der Waals surface area (Å²) in [6, 6.07) is 14.0. The van der Waals surface area contributed by atoms with E-state index in [0.29, 0.717) is 0 Å². The first-order valence-corrected chi connectivity index (χ1v) is 10.6. The highest BCUT2D eigenvalue weighted by atomic mass is 32.1. The number of rotatable bonds is 5. The molecular formula is C23H13F6N3O2S. The second-order valence-corrected chi connectivity index (χ2v) is 8.01. The Morgan fingerprint density at radius 3 is 2.23 bits per heavy atom. The topological polar surface area (TPSA) is 64.1 Å². The van der Waals surface area contributed by atoms with E-state index in [-0.39, 0.29) is 39.2 Å². The van der Waals surface area contributed by atoms with Crippen LogP contribution < -0.4 is 10.1 Å². The highest BCUT2D eigenvalue weighted by molar-refractivity contribution is 7.16. The molecule has 0 aliphatic carbocycles. The second kappa shape index (κ2) is 9.37. The summed E-state index contributed by atoms with van der Waals surface area (Å²) >= 11 is 0.263. The fourth-order valence-corrected chi connectivity index (χ4v) is 3.80. The van der Waals surface area contributed by atoms with Gasteiger partial charge < -0.3 is 4.74 Å². The van der Waals surface area contributed by atoms with Crippen LogP contribution in [0.4, 0.5) is 31.5 Å². The first-order valence-electron chi connectivity index (χ1n) is 9.76. The molecule has 35 heavy (non-hydrogen) atoms. The number of amides is 1. The molecule has 1 amide bonds. The molecule has 12 heteroatoms. The number of benzene rings is 2. The number of halogens is 6. The van der Waals surface area contributed by atoms with Crippen molar-refractivity contribution in [3.05, 3.63) is 88.9 Å². The van der Waals surface area contributed by atoms with Gasteiger partial charge in [-0.25, -0.2) is 4.98 Å². The lowest BCUT2D eigenvalue weighted by Gasteiger charge is -2.10. The van der Waals surface area contributed by atoms with Crippen LogP contribution >= 0.6 is 11.3 Å². The van der Waals surface area contributed by atoms with Crippen molar-refractivity contribution in [3.8, 4) is 22.9 Å². The van der Waals surface area contributed by atoms with Crippen molar-refractivity contribution < 1.29 is 35.9 Å². The van der Waals surface area contributed by atoms with Gasteiger partial charge in [0.25, 0.3) is 5.91 Å². The number of nitrogens with one attached hydrogen (secondary N) is 1. The molecule has 0 spiro atoms. The zero-order valence-corrected chi connectivity index (χ0v) is 18.1. The fourth-order valence-electron chi connectivity index (χ4n) is 2.96. The number of hydrogen-bond acceptors (Lipinski definition) is 5. The minimum atomic E-state index is -4.71. The molecule has 0 saturated carbocycles. The van der Waals surface area contributed by atoms with Crippen molar-refractivity contribution >= 4 is 22.4 Å². The van der Waals surface area contributed by atoms with Crippen molar-refractivity contribution in [2.24, 2.45) is 0 Å². The Kier molecular flexibility index (Phi) is 6.48. The standard InChI is InChI=1S/C23H13F6N3O2S/c24-22(25,26)14-7-9-15(10-8-14)34-16-5-3-4-13(12-16)20(33)32-21-31-18(17-6-1-2-11-30-17)19(35-21)23(27,28)29/h1-12H,(H,31,32,33). The Hall–Kier alpha value is -3.93. The van der Waals surface area contributed by atoms with E-state index < -0.39 is 34.4 Å². The number of alkyl halides is 6. The van der Waals surface area contributed by atoms with E-state index in [2.05, 4.69) is 15.3 Å². The molecule has 0 bridgehead atoms. The van der Waals surface area contributed by atoms with Gasteiger partial charge in [0, 0.05) is 11.8 Å². The molecule has 0 radical (unpaired) electrons. The number of hydrogen-bond donors (Lipinski definition) is 1. The van der Waals surface area contributed by atoms with Gasteiger partial charge in [0.05, 0.1) is 11.3 Å². The third-order valence-electron chi connectivity index (χ3n) is 4.53. The summed E-state index contributed by atoms with van der Waals surface area (Å²) in [5.74, 6) is -0.509. The molecular weight excluding hydrogens is 496 g/mol. The first-order chi connectivity index (χ1) is 16.5. The van der Waals surface area contributed by atoms with Gasteiger partial charge in [0.2, 0.25) is 0 Å². The third kappa shape index (κ3) is 5.77. The molecule has 0 atom stereocenters. The smallest absolute Gasteiger partial charge is 0.427 e. The monoisotopic (exact) mass is 509 g/mol. The normalized spacial score (nSPS) is 11.8. The number of carbonyl (C=O) groups is 1. The quantitative estimate of drug-likeness (QED) is 0.287. The van der Waals surface area contributed by atoms with Gasteiger partial charge in [-0.15, -0.1) is 0 Å². The predicted octanol–water partition coefficient (Wildman–Crippen LogP) is 7.29. The summed E-state index contributed by atoms with van der Waals surface area (Å²) in [5, 5.41) is 2.06. The number of thiazole rings is 1. The lowest BCUT2D eigenvalue weighted by atomic mass is 10.2.